The Labute approximate surface area is 105 Å². The van der Waals surface area contributed by atoms with Crippen LogP contribution in [0.15, 0.2) is 10.7 Å². The van der Waals surface area contributed by atoms with Crippen LogP contribution >= 0.6 is 15.9 Å². The van der Waals surface area contributed by atoms with E-state index in [9.17, 15) is 13.2 Å². The van der Waals surface area contributed by atoms with Gasteiger partial charge in [0, 0.05) is 6.54 Å². The van der Waals surface area contributed by atoms with Crippen molar-refractivity contribution in [2.75, 3.05) is 18.5 Å². The minimum atomic E-state index is -4.23. The smallest absolute Gasteiger partial charge is 0.392 e. The Balaban J connectivity index is 2.60. The van der Waals surface area contributed by atoms with Crippen LogP contribution in [0.1, 0.15) is 13.3 Å². The summed E-state index contributed by atoms with van der Waals surface area (Å²) >= 11 is 3.10. The monoisotopic (exact) mass is 313 g/mol. The summed E-state index contributed by atoms with van der Waals surface area (Å²) in [5, 5.41) is 2.84. The molecule has 1 aromatic rings. The number of anilines is 1. The third-order valence-electron chi connectivity index (χ3n) is 1.67. The Morgan fingerprint density at radius 1 is 1.47 bits per heavy atom. The maximum atomic E-state index is 11.9. The first-order chi connectivity index (χ1) is 7.92. The Morgan fingerprint density at radius 2 is 2.18 bits per heavy atom. The standard InChI is InChI=1S/C9H11BrF3N3O/c1-2-14-8-15-5-6(10)7(16-8)17-4-3-9(11,12)13/h5H,2-4H2,1H3,(H,14,15,16). The Bertz CT molecular complexity index is 373. The summed E-state index contributed by atoms with van der Waals surface area (Å²) < 4.78 is 41.1. The highest BCUT2D eigenvalue weighted by Crippen LogP contribution is 2.24. The largest absolute Gasteiger partial charge is 0.476 e. The summed E-state index contributed by atoms with van der Waals surface area (Å²) in [7, 11) is 0. The lowest BCUT2D eigenvalue weighted by molar-refractivity contribution is -0.139. The van der Waals surface area contributed by atoms with Crippen molar-refractivity contribution in [2.24, 2.45) is 0 Å². The highest BCUT2D eigenvalue weighted by Gasteiger charge is 2.27. The summed E-state index contributed by atoms with van der Waals surface area (Å²) in [5.41, 5.74) is 0. The molecule has 0 saturated carbocycles. The van der Waals surface area contributed by atoms with Crippen molar-refractivity contribution >= 4 is 21.9 Å². The summed E-state index contributed by atoms with van der Waals surface area (Å²) in [4.78, 5) is 7.84. The van der Waals surface area contributed by atoms with Gasteiger partial charge >= 0.3 is 6.18 Å². The first kappa shape index (κ1) is 14.0. The van der Waals surface area contributed by atoms with Crippen molar-refractivity contribution in [1.29, 1.82) is 0 Å². The van der Waals surface area contributed by atoms with Gasteiger partial charge in [-0.3, -0.25) is 0 Å². The van der Waals surface area contributed by atoms with E-state index < -0.39 is 19.2 Å². The average Bonchev–Trinajstić information content (AvgIpc) is 2.21. The van der Waals surface area contributed by atoms with Crippen LogP contribution < -0.4 is 10.1 Å². The number of halogens is 4. The minimum Gasteiger partial charge on any atom is -0.476 e. The fourth-order valence-electron chi connectivity index (χ4n) is 0.959. The Hall–Kier alpha value is -1.05. The van der Waals surface area contributed by atoms with Crippen LogP contribution in [-0.4, -0.2) is 29.3 Å². The number of alkyl halides is 3. The maximum Gasteiger partial charge on any atom is 0.392 e. The van der Waals surface area contributed by atoms with E-state index in [0.717, 1.165) is 0 Å². The number of aromatic nitrogens is 2. The second kappa shape index (κ2) is 6.04. The van der Waals surface area contributed by atoms with Gasteiger partial charge in [0.15, 0.2) is 0 Å². The first-order valence-corrected chi connectivity index (χ1v) is 5.67. The number of rotatable bonds is 5. The summed E-state index contributed by atoms with van der Waals surface area (Å²) in [5.74, 6) is 0.415. The molecule has 0 amide bonds. The van der Waals surface area contributed by atoms with Crippen LogP contribution in [-0.2, 0) is 0 Å². The SMILES string of the molecule is CCNc1ncc(Br)c(OCCC(F)(F)F)n1. The van der Waals surface area contributed by atoms with E-state index in [2.05, 4.69) is 31.2 Å². The molecule has 0 spiro atoms. The fourth-order valence-corrected chi connectivity index (χ4v) is 1.26. The van der Waals surface area contributed by atoms with E-state index in [4.69, 9.17) is 4.74 Å². The van der Waals surface area contributed by atoms with Gasteiger partial charge in [0.2, 0.25) is 11.8 Å². The van der Waals surface area contributed by atoms with Crippen molar-refractivity contribution in [3.63, 3.8) is 0 Å². The molecule has 0 fully saturated rings. The van der Waals surface area contributed by atoms with Crippen molar-refractivity contribution in [2.45, 2.75) is 19.5 Å². The molecule has 0 aromatic carbocycles. The molecule has 0 aliphatic carbocycles. The zero-order valence-electron chi connectivity index (χ0n) is 9.01. The van der Waals surface area contributed by atoms with Crippen LogP contribution in [0.25, 0.3) is 0 Å². The molecule has 0 bridgehead atoms. The normalized spacial score (nSPS) is 11.4. The molecule has 1 N–H and O–H groups in total. The van der Waals surface area contributed by atoms with Crippen LogP contribution in [0.3, 0.4) is 0 Å². The van der Waals surface area contributed by atoms with Crippen molar-refractivity contribution in [3.05, 3.63) is 10.7 Å². The third-order valence-corrected chi connectivity index (χ3v) is 2.22. The first-order valence-electron chi connectivity index (χ1n) is 4.88. The summed E-state index contributed by atoms with van der Waals surface area (Å²) in [6.07, 6.45) is -3.82. The molecule has 0 saturated heterocycles. The Morgan fingerprint density at radius 3 is 2.76 bits per heavy atom. The van der Waals surface area contributed by atoms with E-state index in [1.807, 2.05) is 6.92 Å². The van der Waals surface area contributed by atoms with Gasteiger partial charge in [0.05, 0.1) is 23.7 Å². The summed E-state index contributed by atoms with van der Waals surface area (Å²) in [6.45, 7) is 2.00. The van der Waals surface area contributed by atoms with Gasteiger partial charge < -0.3 is 10.1 Å². The van der Waals surface area contributed by atoms with Gasteiger partial charge in [-0.15, -0.1) is 0 Å². The molecule has 1 aromatic heterocycles. The molecular formula is C9H11BrF3N3O. The van der Waals surface area contributed by atoms with Crippen molar-refractivity contribution < 1.29 is 17.9 Å². The van der Waals surface area contributed by atoms with Crippen molar-refractivity contribution in [3.8, 4) is 5.88 Å². The molecule has 96 valence electrons. The number of nitrogens with one attached hydrogen (secondary N) is 1. The predicted molar refractivity (Wildman–Crippen MR) is 60.1 cm³/mol. The van der Waals surface area contributed by atoms with E-state index in [0.29, 0.717) is 17.0 Å². The van der Waals surface area contributed by atoms with Crippen LogP contribution in [0.5, 0.6) is 5.88 Å². The zero-order valence-corrected chi connectivity index (χ0v) is 10.6. The van der Waals surface area contributed by atoms with E-state index in [1.54, 1.807) is 0 Å². The number of ether oxygens (including phenoxy) is 1. The van der Waals surface area contributed by atoms with Gasteiger partial charge in [-0.2, -0.15) is 18.2 Å². The van der Waals surface area contributed by atoms with E-state index in [1.165, 1.54) is 6.20 Å². The molecule has 0 atom stereocenters. The van der Waals surface area contributed by atoms with Crippen molar-refractivity contribution in [1.82, 2.24) is 9.97 Å². The summed E-state index contributed by atoms with van der Waals surface area (Å²) in [6, 6.07) is 0. The molecule has 0 aliphatic heterocycles. The predicted octanol–water partition coefficient (Wildman–Crippen LogP) is 3.00. The lowest BCUT2D eigenvalue weighted by atomic mass is 10.4. The molecule has 0 aliphatic rings. The highest BCUT2D eigenvalue weighted by atomic mass is 79.9. The molecule has 4 nitrogen and oxygen atoms in total. The molecule has 1 rings (SSSR count). The highest BCUT2D eigenvalue weighted by molar-refractivity contribution is 9.10. The second-order valence-electron chi connectivity index (χ2n) is 3.09. The maximum absolute atomic E-state index is 11.9. The van der Waals surface area contributed by atoms with Crippen LogP contribution in [0.2, 0.25) is 0 Å². The average molecular weight is 314 g/mol. The van der Waals surface area contributed by atoms with Gasteiger partial charge in [0.25, 0.3) is 0 Å². The van der Waals surface area contributed by atoms with Crippen LogP contribution in [0, 0.1) is 0 Å². The van der Waals surface area contributed by atoms with Gasteiger partial charge in [-0.05, 0) is 22.9 Å². The van der Waals surface area contributed by atoms with Crippen LogP contribution in [0.4, 0.5) is 19.1 Å². The number of hydrogen-bond acceptors (Lipinski definition) is 4. The molecule has 0 unspecified atom stereocenters. The lowest BCUT2D eigenvalue weighted by Crippen LogP contribution is -2.14. The van der Waals surface area contributed by atoms with E-state index >= 15 is 0 Å². The quantitative estimate of drug-likeness (QED) is 0.907. The molecule has 0 radical (unpaired) electrons. The number of hydrogen-bond donors (Lipinski definition) is 1. The van der Waals surface area contributed by atoms with Gasteiger partial charge in [-0.25, -0.2) is 4.98 Å². The van der Waals surface area contributed by atoms with Gasteiger partial charge in [0.1, 0.15) is 0 Å². The molecular weight excluding hydrogens is 303 g/mol. The number of nitrogens with zero attached hydrogens (tertiary/aromatic N) is 2. The second-order valence-corrected chi connectivity index (χ2v) is 3.95. The molecule has 1 heterocycles. The molecule has 17 heavy (non-hydrogen) atoms. The Kier molecular flexibility index (Phi) is 4.98. The minimum absolute atomic E-state index is 0.0974. The zero-order chi connectivity index (χ0) is 12.9. The van der Waals surface area contributed by atoms with Gasteiger partial charge in [-0.1, -0.05) is 0 Å². The van der Waals surface area contributed by atoms with E-state index in [-0.39, 0.29) is 5.88 Å². The lowest BCUT2D eigenvalue weighted by Gasteiger charge is -2.10. The third kappa shape index (κ3) is 5.20. The topological polar surface area (TPSA) is 47.0 Å². The fraction of sp³-hybridized carbons (Fsp3) is 0.556. The molecule has 8 heteroatoms.